The fourth-order valence-electron chi connectivity index (χ4n) is 3.11. The van der Waals surface area contributed by atoms with Crippen molar-refractivity contribution < 1.29 is 9.18 Å². The maximum Gasteiger partial charge on any atom is 0.237 e. The van der Waals surface area contributed by atoms with E-state index in [9.17, 15) is 9.18 Å². The molecule has 0 aliphatic carbocycles. The van der Waals surface area contributed by atoms with Crippen LogP contribution >= 0.6 is 24.2 Å². The fraction of sp³-hybridized carbons (Fsp3) is 0.381. The van der Waals surface area contributed by atoms with Crippen LogP contribution in [0.25, 0.3) is 0 Å². The Kier molecular flexibility index (Phi) is 9.78. The minimum Gasteiger partial charge on any atom is -0.355 e. The summed E-state index contributed by atoms with van der Waals surface area (Å²) in [7, 11) is 0. The SMILES string of the molecule is Cl.O=C(NCCCN1CCNCC1)C(Sc1ccccc1F)c1ccccc1. The zero-order valence-corrected chi connectivity index (χ0v) is 17.4. The Labute approximate surface area is 176 Å². The van der Waals surface area contributed by atoms with Gasteiger partial charge in [-0.25, -0.2) is 4.39 Å². The Bertz CT molecular complexity index is 729. The van der Waals surface area contributed by atoms with Crippen molar-refractivity contribution >= 4 is 30.1 Å². The first-order chi connectivity index (χ1) is 13.2. The standard InChI is InChI=1S/C21H26FN3OS.ClH/c22-18-9-4-5-10-19(18)27-20(17-7-2-1-3-8-17)21(26)24-11-6-14-25-15-12-23-13-16-25;/h1-5,7-10,20,23H,6,11-16H2,(H,24,26);1H. The van der Waals surface area contributed by atoms with E-state index in [1.807, 2.05) is 30.3 Å². The largest absolute Gasteiger partial charge is 0.355 e. The van der Waals surface area contributed by atoms with Gasteiger partial charge in [-0.1, -0.05) is 42.5 Å². The highest BCUT2D eigenvalue weighted by molar-refractivity contribution is 8.00. The number of nitrogens with zero attached hydrogens (tertiary/aromatic N) is 1. The molecule has 0 bridgehead atoms. The van der Waals surface area contributed by atoms with E-state index in [4.69, 9.17) is 0 Å². The molecule has 28 heavy (non-hydrogen) atoms. The van der Waals surface area contributed by atoms with Crippen LogP contribution in [-0.4, -0.2) is 50.1 Å². The molecular formula is C21H27ClFN3OS. The van der Waals surface area contributed by atoms with Gasteiger partial charge >= 0.3 is 0 Å². The molecule has 1 heterocycles. The van der Waals surface area contributed by atoms with E-state index < -0.39 is 5.25 Å². The number of carbonyl (C=O) groups excluding carboxylic acids is 1. The maximum absolute atomic E-state index is 14.1. The molecule has 0 saturated carbocycles. The van der Waals surface area contributed by atoms with Gasteiger partial charge in [0.1, 0.15) is 11.1 Å². The molecular weight excluding hydrogens is 397 g/mol. The lowest BCUT2D eigenvalue weighted by molar-refractivity contribution is -0.120. The maximum atomic E-state index is 14.1. The molecule has 1 unspecified atom stereocenters. The van der Waals surface area contributed by atoms with Gasteiger partial charge in [0.05, 0.1) is 0 Å². The highest BCUT2D eigenvalue weighted by Crippen LogP contribution is 2.36. The smallest absolute Gasteiger partial charge is 0.237 e. The molecule has 0 spiro atoms. The molecule has 7 heteroatoms. The molecule has 1 fully saturated rings. The second-order valence-electron chi connectivity index (χ2n) is 6.58. The molecule has 2 aromatic carbocycles. The van der Waals surface area contributed by atoms with Crippen LogP contribution in [0.3, 0.4) is 0 Å². The molecule has 3 rings (SSSR count). The number of halogens is 2. The Morgan fingerprint density at radius 2 is 1.79 bits per heavy atom. The quantitative estimate of drug-likeness (QED) is 0.504. The fourth-order valence-corrected chi connectivity index (χ4v) is 4.19. The summed E-state index contributed by atoms with van der Waals surface area (Å²) in [6.07, 6.45) is 0.914. The second kappa shape index (κ2) is 12.1. The molecule has 2 N–H and O–H groups in total. The van der Waals surface area contributed by atoms with E-state index in [1.165, 1.54) is 17.8 Å². The van der Waals surface area contributed by atoms with Crippen molar-refractivity contribution in [2.24, 2.45) is 0 Å². The molecule has 2 aromatic rings. The number of rotatable bonds is 8. The zero-order chi connectivity index (χ0) is 18.9. The summed E-state index contributed by atoms with van der Waals surface area (Å²) in [4.78, 5) is 15.7. The molecule has 0 radical (unpaired) electrons. The van der Waals surface area contributed by atoms with Crippen molar-refractivity contribution in [3.05, 3.63) is 66.0 Å². The lowest BCUT2D eigenvalue weighted by Crippen LogP contribution is -2.44. The van der Waals surface area contributed by atoms with Gasteiger partial charge in [0, 0.05) is 37.6 Å². The molecule has 1 atom stereocenters. The summed E-state index contributed by atoms with van der Waals surface area (Å²) in [5.41, 5.74) is 0.880. The number of carbonyl (C=O) groups is 1. The number of benzene rings is 2. The third-order valence-electron chi connectivity index (χ3n) is 4.58. The van der Waals surface area contributed by atoms with Crippen LogP contribution < -0.4 is 10.6 Å². The molecule has 152 valence electrons. The van der Waals surface area contributed by atoms with Gasteiger partial charge in [-0.2, -0.15) is 0 Å². The average molecular weight is 424 g/mol. The number of nitrogens with one attached hydrogen (secondary N) is 2. The van der Waals surface area contributed by atoms with E-state index in [-0.39, 0.29) is 24.1 Å². The van der Waals surface area contributed by atoms with Crippen molar-refractivity contribution in [1.82, 2.24) is 15.5 Å². The van der Waals surface area contributed by atoms with Crippen LogP contribution in [0.15, 0.2) is 59.5 Å². The van der Waals surface area contributed by atoms with Gasteiger partial charge in [-0.15, -0.1) is 24.2 Å². The molecule has 1 saturated heterocycles. The monoisotopic (exact) mass is 423 g/mol. The summed E-state index contributed by atoms with van der Waals surface area (Å²) < 4.78 is 14.1. The zero-order valence-electron chi connectivity index (χ0n) is 15.8. The Morgan fingerprint density at radius 3 is 2.50 bits per heavy atom. The van der Waals surface area contributed by atoms with E-state index in [1.54, 1.807) is 18.2 Å². The summed E-state index contributed by atoms with van der Waals surface area (Å²) >= 11 is 1.26. The van der Waals surface area contributed by atoms with Crippen LogP contribution in [0.1, 0.15) is 17.2 Å². The summed E-state index contributed by atoms with van der Waals surface area (Å²) in [5, 5.41) is 5.91. The second-order valence-corrected chi connectivity index (χ2v) is 7.72. The van der Waals surface area contributed by atoms with Crippen molar-refractivity contribution in [3.63, 3.8) is 0 Å². The number of piperazine rings is 1. The number of thioether (sulfide) groups is 1. The Balaban J connectivity index is 0.00000280. The first kappa shape index (κ1) is 22.7. The van der Waals surface area contributed by atoms with Crippen LogP contribution in [-0.2, 0) is 4.79 Å². The summed E-state index contributed by atoms with van der Waals surface area (Å²) in [6, 6.07) is 16.1. The van der Waals surface area contributed by atoms with Crippen LogP contribution in [0, 0.1) is 5.82 Å². The van der Waals surface area contributed by atoms with Crippen molar-refractivity contribution in [3.8, 4) is 0 Å². The predicted molar refractivity (Wildman–Crippen MR) is 116 cm³/mol. The van der Waals surface area contributed by atoms with Crippen molar-refractivity contribution in [1.29, 1.82) is 0 Å². The minimum atomic E-state index is -0.470. The third kappa shape index (κ3) is 6.78. The number of amides is 1. The molecule has 1 aliphatic rings. The van der Waals surface area contributed by atoms with Crippen molar-refractivity contribution in [2.45, 2.75) is 16.6 Å². The van der Waals surface area contributed by atoms with Gasteiger partial charge in [-0.05, 0) is 30.7 Å². The molecule has 4 nitrogen and oxygen atoms in total. The van der Waals surface area contributed by atoms with Crippen LogP contribution in [0.4, 0.5) is 4.39 Å². The predicted octanol–water partition coefficient (Wildman–Crippen LogP) is 3.49. The first-order valence-electron chi connectivity index (χ1n) is 9.41. The average Bonchev–Trinajstić information content (AvgIpc) is 2.72. The van der Waals surface area contributed by atoms with Gasteiger partial charge < -0.3 is 15.5 Å². The molecule has 0 aromatic heterocycles. The Morgan fingerprint density at radius 1 is 1.11 bits per heavy atom. The lowest BCUT2D eigenvalue weighted by Gasteiger charge is -2.27. The molecule has 1 amide bonds. The third-order valence-corrected chi connectivity index (χ3v) is 5.89. The Hall–Kier alpha value is -1.60. The highest BCUT2D eigenvalue weighted by Gasteiger charge is 2.23. The summed E-state index contributed by atoms with van der Waals surface area (Å²) in [6.45, 7) is 5.79. The van der Waals surface area contributed by atoms with Crippen LogP contribution in [0.5, 0.6) is 0 Å². The highest BCUT2D eigenvalue weighted by atomic mass is 35.5. The van der Waals surface area contributed by atoms with Gasteiger partial charge in [-0.3, -0.25) is 4.79 Å². The van der Waals surface area contributed by atoms with Crippen LogP contribution in [0.2, 0.25) is 0 Å². The number of hydrogen-bond donors (Lipinski definition) is 2. The summed E-state index contributed by atoms with van der Waals surface area (Å²) in [5.74, 6) is -0.371. The minimum absolute atomic E-state index is 0. The van der Waals surface area contributed by atoms with E-state index in [0.29, 0.717) is 11.4 Å². The van der Waals surface area contributed by atoms with Gasteiger partial charge in [0.2, 0.25) is 5.91 Å². The normalized spacial score (nSPS) is 15.5. The van der Waals surface area contributed by atoms with Gasteiger partial charge in [0.15, 0.2) is 0 Å². The van der Waals surface area contributed by atoms with E-state index in [0.717, 1.165) is 44.7 Å². The van der Waals surface area contributed by atoms with E-state index in [2.05, 4.69) is 15.5 Å². The van der Waals surface area contributed by atoms with E-state index >= 15 is 0 Å². The molecule has 1 aliphatic heterocycles. The van der Waals surface area contributed by atoms with Gasteiger partial charge in [0.25, 0.3) is 0 Å². The number of hydrogen-bond acceptors (Lipinski definition) is 4. The lowest BCUT2D eigenvalue weighted by atomic mass is 10.1. The topological polar surface area (TPSA) is 44.4 Å². The van der Waals surface area contributed by atoms with Crippen molar-refractivity contribution in [2.75, 3.05) is 39.3 Å². The first-order valence-corrected chi connectivity index (χ1v) is 10.3.